The molecule has 1 N–H and O–H groups in total. The van der Waals surface area contributed by atoms with Crippen molar-refractivity contribution in [1.29, 1.82) is 0 Å². The van der Waals surface area contributed by atoms with Gasteiger partial charge in [0.05, 0.1) is 18.1 Å². The minimum absolute atomic E-state index is 0.0928. The smallest absolute Gasteiger partial charge is 0.409 e. The van der Waals surface area contributed by atoms with E-state index in [4.69, 9.17) is 9.84 Å². The quantitative estimate of drug-likeness (QED) is 0.497. The summed E-state index contributed by atoms with van der Waals surface area (Å²) in [6, 6.07) is 0. The second-order valence-corrected chi connectivity index (χ2v) is 6.85. The Morgan fingerprint density at radius 2 is 1.66 bits per heavy atom. The molecule has 2 fully saturated rings. The summed E-state index contributed by atoms with van der Waals surface area (Å²) in [5.74, 6) is 0.595. The Morgan fingerprint density at radius 3 is 2.14 bits per heavy atom. The van der Waals surface area contributed by atoms with Crippen LogP contribution in [0.25, 0.3) is 0 Å². The number of aromatic nitrogens is 2. The molecular formula is C17H27N7O5. The number of β-amino-alcohol motifs (C(OH)–C–C–N with tert-alkyl or cyclic N) is 1. The summed E-state index contributed by atoms with van der Waals surface area (Å²) in [4.78, 5) is 39.2. The van der Waals surface area contributed by atoms with Crippen molar-refractivity contribution in [3.8, 4) is 0 Å². The van der Waals surface area contributed by atoms with Crippen LogP contribution in [0.3, 0.4) is 0 Å². The number of carbonyl (C=O) groups excluding carboxylic acids is 1. The Labute approximate surface area is 168 Å². The van der Waals surface area contributed by atoms with Gasteiger partial charge in [0.25, 0.3) is 0 Å². The zero-order valence-corrected chi connectivity index (χ0v) is 16.6. The number of ether oxygens (including phenoxy) is 1. The standard InChI is InChI=1S/C17H27N7O5/c1-2-29-17(26)23-9-7-22(8-10-23)16-14(24(27)28)15(18-13-19-16)21-5-3-20(4-6-21)11-12-25/h13,25H,2-12H2,1H3. The molecule has 2 aliphatic rings. The summed E-state index contributed by atoms with van der Waals surface area (Å²) in [6.45, 7) is 7.03. The molecule has 29 heavy (non-hydrogen) atoms. The number of nitro groups is 1. The molecule has 1 aromatic heterocycles. The van der Waals surface area contributed by atoms with Gasteiger partial charge in [-0.2, -0.15) is 0 Å². The average Bonchev–Trinajstić information content (AvgIpc) is 2.74. The van der Waals surface area contributed by atoms with E-state index in [0.29, 0.717) is 71.3 Å². The van der Waals surface area contributed by atoms with Gasteiger partial charge in [-0.3, -0.25) is 15.0 Å². The molecule has 1 amide bonds. The topological polar surface area (TPSA) is 128 Å². The van der Waals surface area contributed by atoms with Gasteiger partial charge in [-0.05, 0) is 6.92 Å². The summed E-state index contributed by atoms with van der Waals surface area (Å²) >= 11 is 0. The molecule has 2 aliphatic heterocycles. The summed E-state index contributed by atoms with van der Waals surface area (Å²) in [7, 11) is 0. The second kappa shape index (κ2) is 9.65. The Morgan fingerprint density at radius 1 is 1.10 bits per heavy atom. The number of hydrogen-bond donors (Lipinski definition) is 1. The number of aliphatic hydroxyl groups is 1. The van der Waals surface area contributed by atoms with Crippen molar-refractivity contribution in [2.45, 2.75) is 6.92 Å². The van der Waals surface area contributed by atoms with Crippen LogP contribution in [-0.4, -0.2) is 108 Å². The minimum Gasteiger partial charge on any atom is -0.450 e. The largest absolute Gasteiger partial charge is 0.450 e. The second-order valence-electron chi connectivity index (χ2n) is 6.85. The molecule has 0 atom stereocenters. The van der Waals surface area contributed by atoms with Crippen LogP contribution in [0.5, 0.6) is 0 Å². The van der Waals surface area contributed by atoms with Gasteiger partial charge in [-0.1, -0.05) is 0 Å². The van der Waals surface area contributed by atoms with E-state index in [0.717, 1.165) is 0 Å². The average molecular weight is 409 g/mol. The fraction of sp³-hybridized carbons (Fsp3) is 0.706. The highest BCUT2D eigenvalue weighted by Crippen LogP contribution is 2.35. The first-order chi connectivity index (χ1) is 14.0. The number of amides is 1. The van der Waals surface area contributed by atoms with Gasteiger partial charge in [0.15, 0.2) is 0 Å². The Kier molecular flexibility index (Phi) is 6.99. The maximum atomic E-state index is 11.9. The number of rotatable bonds is 6. The molecular weight excluding hydrogens is 382 g/mol. The Balaban J connectivity index is 1.75. The fourth-order valence-corrected chi connectivity index (χ4v) is 3.63. The predicted molar refractivity (Wildman–Crippen MR) is 105 cm³/mol. The number of anilines is 2. The van der Waals surface area contributed by atoms with Crippen LogP contribution in [0.15, 0.2) is 6.33 Å². The van der Waals surface area contributed by atoms with Gasteiger partial charge in [-0.25, -0.2) is 14.8 Å². The summed E-state index contributed by atoms with van der Waals surface area (Å²) in [6.07, 6.45) is 0.987. The van der Waals surface area contributed by atoms with E-state index in [1.165, 1.54) is 6.33 Å². The van der Waals surface area contributed by atoms with E-state index in [2.05, 4.69) is 14.9 Å². The first-order valence-corrected chi connectivity index (χ1v) is 9.79. The van der Waals surface area contributed by atoms with Crippen molar-refractivity contribution in [2.75, 3.05) is 81.9 Å². The maximum absolute atomic E-state index is 11.9. The molecule has 12 nitrogen and oxygen atoms in total. The number of nitrogens with zero attached hydrogens (tertiary/aromatic N) is 7. The van der Waals surface area contributed by atoms with Crippen molar-refractivity contribution in [3.05, 3.63) is 16.4 Å². The van der Waals surface area contributed by atoms with Crippen molar-refractivity contribution < 1.29 is 19.6 Å². The van der Waals surface area contributed by atoms with E-state index in [9.17, 15) is 14.9 Å². The molecule has 0 spiro atoms. The highest BCUT2D eigenvalue weighted by Gasteiger charge is 2.33. The van der Waals surface area contributed by atoms with Crippen LogP contribution in [0.1, 0.15) is 6.92 Å². The van der Waals surface area contributed by atoms with Crippen LogP contribution < -0.4 is 9.80 Å². The predicted octanol–water partition coefficient (Wildman–Crippen LogP) is -0.222. The monoisotopic (exact) mass is 409 g/mol. The van der Waals surface area contributed by atoms with Crippen LogP contribution in [0.2, 0.25) is 0 Å². The van der Waals surface area contributed by atoms with Crippen molar-refractivity contribution in [1.82, 2.24) is 19.8 Å². The third-order valence-corrected chi connectivity index (χ3v) is 5.16. The van der Waals surface area contributed by atoms with E-state index in [-0.39, 0.29) is 24.2 Å². The first-order valence-electron chi connectivity index (χ1n) is 9.79. The molecule has 3 rings (SSSR count). The molecule has 12 heteroatoms. The maximum Gasteiger partial charge on any atom is 0.409 e. The van der Waals surface area contributed by atoms with Gasteiger partial charge >= 0.3 is 11.8 Å². The van der Waals surface area contributed by atoms with Crippen molar-refractivity contribution >= 4 is 23.4 Å². The molecule has 0 saturated carbocycles. The third-order valence-electron chi connectivity index (χ3n) is 5.16. The van der Waals surface area contributed by atoms with Gasteiger partial charge in [0.2, 0.25) is 11.6 Å². The molecule has 0 aliphatic carbocycles. The fourth-order valence-electron chi connectivity index (χ4n) is 3.63. The van der Waals surface area contributed by atoms with E-state index >= 15 is 0 Å². The SMILES string of the molecule is CCOC(=O)N1CCN(c2ncnc(N3CCN(CCO)CC3)c2[N+](=O)[O-])CC1. The Bertz CT molecular complexity index is 718. The normalized spacial score (nSPS) is 18.1. The van der Waals surface area contributed by atoms with Gasteiger partial charge in [-0.15, -0.1) is 0 Å². The van der Waals surface area contributed by atoms with E-state index in [1.54, 1.807) is 11.8 Å². The molecule has 0 unspecified atom stereocenters. The lowest BCUT2D eigenvalue weighted by molar-refractivity contribution is -0.383. The zero-order chi connectivity index (χ0) is 20.8. The lowest BCUT2D eigenvalue weighted by Crippen LogP contribution is -2.49. The number of hydrogen-bond acceptors (Lipinski definition) is 10. The molecule has 160 valence electrons. The third kappa shape index (κ3) is 4.82. The highest BCUT2D eigenvalue weighted by atomic mass is 16.6. The minimum atomic E-state index is -0.428. The van der Waals surface area contributed by atoms with E-state index in [1.807, 2.05) is 9.80 Å². The zero-order valence-electron chi connectivity index (χ0n) is 16.6. The highest BCUT2D eigenvalue weighted by molar-refractivity contribution is 5.72. The number of piperazine rings is 2. The number of aliphatic hydroxyl groups excluding tert-OH is 1. The number of carbonyl (C=O) groups is 1. The lowest BCUT2D eigenvalue weighted by atomic mass is 10.2. The Hall–Kier alpha value is -2.73. The lowest BCUT2D eigenvalue weighted by Gasteiger charge is -2.36. The van der Waals surface area contributed by atoms with Gasteiger partial charge < -0.3 is 24.5 Å². The first kappa shape index (κ1) is 21.0. The molecule has 1 aromatic rings. The van der Waals surface area contributed by atoms with Gasteiger partial charge in [0.1, 0.15) is 6.33 Å². The molecule has 0 bridgehead atoms. The van der Waals surface area contributed by atoms with Crippen LogP contribution in [0.4, 0.5) is 22.1 Å². The van der Waals surface area contributed by atoms with Crippen LogP contribution in [-0.2, 0) is 4.74 Å². The molecule has 2 saturated heterocycles. The summed E-state index contributed by atoms with van der Waals surface area (Å²) < 4.78 is 5.02. The van der Waals surface area contributed by atoms with Crippen molar-refractivity contribution in [3.63, 3.8) is 0 Å². The molecule has 3 heterocycles. The van der Waals surface area contributed by atoms with E-state index < -0.39 is 4.92 Å². The molecule has 0 radical (unpaired) electrons. The summed E-state index contributed by atoms with van der Waals surface area (Å²) in [5.41, 5.74) is -0.104. The van der Waals surface area contributed by atoms with Gasteiger partial charge in [0, 0.05) is 58.9 Å². The van der Waals surface area contributed by atoms with Crippen LogP contribution in [0, 0.1) is 10.1 Å². The van der Waals surface area contributed by atoms with Crippen LogP contribution >= 0.6 is 0 Å². The molecule has 0 aromatic carbocycles. The van der Waals surface area contributed by atoms with Crippen molar-refractivity contribution in [2.24, 2.45) is 0 Å². The summed E-state index contributed by atoms with van der Waals surface area (Å²) in [5, 5.41) is 21.0.